The number of carbonyl (C=O) groups is 1. The minimum atomic E-state index is -0.173. The van der Waals surface area contributed by atoms with Gasteiger partial charge >= 0.3 is 0 Å². The molecule has 1 aliphatic heterocycles. The molecule has 0 aromatic heterocycles. The minimum Gasteiger partial charge on any atom is -0.497 e. The van der Waals surface area contributed by atoms with Gasteiger partial charge in [0.2, 0.25) is 0 Å². The molecule has 27 heavy (non-hydrogen) atoms. The molecule has 1 amide bonds. The zero-order valence-electron chi connectivity index (χ0n) is 14.8. The van der Waals surface area contributed by atoms with Crippen molar-refractivity contribution in [3.05, 3.63) is 59.0 Å². The monoisotopic (exact) mass is 401 g/mol. The molecule has 0 unspecified atom stereocenters. The Bertz CT molecular complexity index is 849. The van der Waals surface area contributed by atoms with Gasteiger partial charge in [0, 0.05) is 12.0 Å². The summed E-state index contributed by atoms with van der Waals surface area (Å²) in [4.78, 5) is 12.4. The van der Waals surface area contributed by atoms with E-state index in [1.165, 1.54) is 11.8 Å². The molecule has 1 N–H and O–H groups in total. The molecule has 1 saturated heterocycles. The van der Waals surface area contributed by atoms with Crippen molar-refractivity contribution in [2.75, 3.05) is 20.3 Å². The molecule has 1 aliphatic rings. The summed E-state index contributed by atoms with van der Waals surface area (Å²) in [6.07, 6.45) is 2.53. The Hall–Kier alpha value is -2.51. The number of thioether (sulfide) groups is 1. The number of carbonyl (C=O) groups excluding carboxylic acids is 1. The second-order valence-electron chi connectivity index (χ2n) is 5.62. The number of thiocarbonyl (C=S) groups is 1. The molecule has 1 heterocycles. The van der Waals surface area contributed by atoms with Gasteiger partial charge in [-0.1, -0.05) is 42.2 Å². The van der Waals surface area contributed by atoms with E-state index >= 15 is 0 Å². The van der Waals surface area contributed by atoms with Crippen LogP contribution in [0.15, 0.2) is 53.4 Å². The maximum atomic E-state index is 11.8. The highest BCUT2D eigenvalue weighted by Gasteiger charge is 2.22. The van der Waals surface area contributed by atoms with Gasteiger partial charge in [-0.05, 0) is 36.4 Å². The fourth-order valence-electron chi connectivity index (χ4n) is 2.40. The van der Waals surface area contributed by atoms with E-state index in [0.717, 1.165) is 29.2 Å². The van der Waals surface area contributed by atoms with E-state index in [-0.39, 0.29) is 5.91 Å². The number of rotatable bonds is 8. The number of ether oxygens (including phenoxy) is 3. The number of methoxy groups -OCH3 is 1. The van der Waals surface area contributed by atoms with Crippen LogP contribution in [-0.2, 0) is 4.79 Å². The third kappa shape index (κ3) is 5.48. The van der Waals surface area contributed by atoms with Crippen LogP contribution < -0.4 is 19.5 Å². The van der Waals surface area contributed by atoms with Crippen molar-refractivity contribution in [3.8, 4) is 17.2 Å². The molecule has 5 nitrogen and oxygen atoms in total. The van der Waals surface area contributed by atoms with Crippen molar-refractivity contribution in [1.29, 1.82) is 0 Å². The van der Waals surface area contributed by atoms with Crippen molar-refractivity contribution in [2.45, 2.75) is 6.42 Å². The molecule has 7 heteroatoms. The molecule has 0 spiro atoms. The largest absolute Gasteiger partial charge is 0.497 e. The van der Waals surface area contributed by atoms with Crippen molar-refractivity contribution in [2.24, 2.45) is 0 Å². The summed E-state index contributed by atoms with van der Waals surface area (Å²) in [5.74, 6) is 2.14. The maximum Gasteiger partial charge on any atom is 0.263 e. The van der Waals surface area contributed by atoms with Crippen LogP contribution in [0.3, 0.4) is 0 Å². The molecular formula is C20H19NO4S2. The van der Waals surface area contributed by atoms with Crippen molar-refractivity contribution < 1.29 is 19.0 Å². The Morgan fingerprint density at radius 2 is 1.74 bits per heavy atom. The van der Waals surface area contributed by atoms with E-state index in [9.17, 15) is 4.79 Å². The summed E-state index contributed by atoms with van der Waals surface area (Å²) in [5, 5.41) is 2.61. The Labute approximate surface area is 167 Å². The van der Waals surface area contributed by atoms with Gasteiger partial charge in [0.05, 0.1) is 25.2 Å². The SMILES string of the molecule is COc1ccc(OCCCOc2ccccc2/C=C2\SC(=S)NC2=O)cc1. The van der Waals surface area contributed by atoms with Gasteiger partial charge in [-0.2, -0.15) is 0 Å². The van der Waals surface area contributed by atoms with E-state index in [4.69, 9.17) is 26.4 Å². The summed E-state index contributed by atoms with van der Waals surface area (Å²) >= 11 is 6.27. The Balaban J connectivity index is 1.50. The van der Waals surface area contributed by atoms with Gasteiger partial charge in [-0.15, -0.1) is 0 Å². The highest BCUT2D eigenvalue weighted by Crippen LogP contribution is 2.29. The second kappa shape index (κ2) is 9.43. The number of hydrogen-bond acceptors (Lipinski definition) is 6. The van der Waals surface area contributed by atoms with Gasteiger partial charge in [-0.25, -0.2) is 0 Å². The molecule has 0 radical (unpaired) electrons. The van der Waals surface area contributed by atoms with Crippen LogP contribution in [0.1, 0.15) is 12.0 Å². The van der Waals surface area contributed by atoms with E-state index in [0.29, 0.717) is 22.4 Å². The first-order valence-corrected chi connectivity index (χ1v) is 9.62. The normalized spacial score (nSPS) is 14.9. The van der Waals surface area contributed by atoms with Gasteiger partial charge in [-0.3, -0.25) is 4.79 Å². The first-order chi connectivity index (χ1) is 13.2. The van der Waals surface area contributed by atoms with Crippen LogP contribution in [0.4, 0.5) is 0 Å². The summed E-state index contributed by atoms with van der Waals surface area (Å²) in [6, 6.07) is 15.1. The van der Waals surface area contributed by atoms with E-state index in [1.54, 1.807) is 13.2 Å². The highest BCUT2D eigenvalue weighted by molar-refractivity contribution is 8.26. The van der Waals surface area contributed by atoms with Crippen molar-refractivity contribution >= 4 is 40.3 Å². The molecule has 2 aromatic rings. The highest BCUT2D eigenvalue weighted by atomic mass is 32.2. The third-order valence-electron chi connectivity index (χ3n) is 3.72. The zero-order chi connectivity index (χ0) is 19.1. The van der Waals surface area contributed by atoms with Gasteiger partial charge in [0.1, 0.15) is 21.6 Å². The van der Waals surface area contributed by atoms with E-state index in [1.807, 2.05) is 48.5 Å². The predicted octanol–water partition coefficient (Wildman–Crippen LogP) is 4.03. The summed E-state index contributed by atoms with van der Waals surface area (Å²) in [7, 11) is 1.63. The van der Waals surface area contributed by atoms with Crippen LogP contribution in [0.25, 0.3) is 6.08 Å². The van der Waals surface area contributed by atoms with Crippen LogP contribution in [0.5, 0.6) is 17.2 Å². The maximum absolute atomic E-state index is 11.8. The number of amides is 1. The zero-order valence-corrected chi connectivity index (χ0v) is 16.4. The molecule has 0 atom stereocenters. The van der Waals surface area contributed by atoms with Crippen LogP contribution >= 0.6 is 24.0 Å². The lowest BCUT2D eigenvalue weighted by Crippen LogP contribution is -2.17. The third-order valence-corrected chi connectivity index (χ3v) is 4.88. The number of nitrogens with one attached hydrogen (secondary N) is 1. The lowest BCUT2D eigenvalue weighted by molar-refractivity contribution is -0.115. The topological polar surface area (TPSA) is 56.8 Å². The van der Waals surface area contributed by atoms with Gasteiger partial charge < -0.3 is 19.5 Å². The number of hydrogen-bond donors (Lipinski definition) is 1. The Morgan fingerprint density at radius 1 is 1.04 bits per heavy atom. The lowest BCUT2D eigenvalue weighted by atomic mass is 10.2. The number of benzene rings is 2. The fraction of sp³-hybridized carbons (Fsp3) is 0.200. The minimum absolute atomic E-state index is 0.173. The summed E-state index contributed by atoms with van der Waals surface area (Å²) < 4.78 is 17.1. The molecular weight excluding hydrogens is 382 g/mol. The van der Waals surface area contributed by atoms with Gasteiger partial charge in [0.15, 0.2) is 0 Å². The summed E-state index contributed by atoms with van der Waals surface area (Å²) in [5.41, 5.74) is 0.843. The smallest absolute Gasteiger partial charge is 0.263 e. The average Bonchev–Trinajstić information content (AvgIpc) is 3.00. The van der Waals surface area contributed by atoms with Crippen LogP contribution in [0.2, 0.25) is 0 Å². The number of para-hydroxylation sites is 1. The fourth-order valence-corrected chi connectivity index (χ4v) is 3.43. The molecule has 0 bridgehead atoms. The lowest BCUT2D eigenvalue weighted by Gasteiger charge is -2.10. The molecule has 2 aromatic carbocycles. The second-order valence-corrected chi connectivity index (χ2v) is 7.33. The predicted molar refractivity (Wildman–Crippen MR) is 111 cm³/mol. The van der Waals surface area contributed by atoms with E-state index < -0.39 is 0 Å². The average molecular weight is 402 g/mol. The standard InChI is InChI=1S/C20H19NO4S2/c1-23-15-7-9-16(10-8-15)24-11-4-12-25-17-6-3-2-5-14(17)13-18-19(22)21-20(26)27-18/h2-3,5-10,13H,4,11-12H2,1H3,(H,21,22,26)/b18-13-. The van der Waals surface area contributed by atoms with Crippen molar-refractivity contribution in [3.63, 3.8) is 0 Å². The molecule has 3 rings (SSSR count). The van der Waals surface area contributed by atoms with Crippen LogP contribution in [0, 0.1) is 0 Å². The van der Waals surface area contributed by atoms with Gasteiger partial charge in [0.25, 0.3) is 5.91 Å². The molecule has 0 saturated carbocycles. The Morgan fingerprint density at radius 3 is 2.44 bits per heavy atom. The molecule has 0 aliphatic carbocycles. The quantitative estimate of drug-likeness (QED) is 0.409. The van der Waals surface area contributed by atoms with E-state index in [2.05, 4.69) is 5.32 Å². The van der Waals surface area contributed by atoms with Crippen molar-refractivity contribution in [1.82, 2.24) is 5.32 Å². The Kier molecular flexibility index (Phi) is 6.73. The first kappa shape index (κ1) is 19.3. The summed E-state index contributed by atoms with van der Waals surface area (Å²) in [6.45, 7) is 1.05. The van der Waals surface area contributed by atoms with Crippen LogP contribution in [-0.4, -0.2) is 30.6 Å². The first-order valence-electron chi connectivity index (χ1n) is 8.39. The molecule has 1 fully saturated rings. The molecule has 140 valence electrons.